The molecule has 1 aromatic carbocycles. The predicted molar refractivity (Wildman–Crippen MR) is 104 cm³/mol. The Morgan fingerprint density at radius 3 is 2.41 bits per heavy atom. The molecule has 4 fully saturated rings. The first-order valence-electron chi connectivity index (χ1n) is 10.2. The van der Waals surface area contributed by atoms with Crippen LogP contribution in [0.2, 0.25) is 0 Å². The van der Waals surface area contributed by atoms with Gasteiger partial charge in [0.1, 0.15) is 11.5 Å². The third-order valence-corrected chi connectivity index (χ3v) is 6.92. The molecule has 4 aliphatic rings. The molecule has 29 heavy (non-hydrogen) atoms. The van der Waals surface area contributed by atoms with Crippen molar-refractivity contribution in [3.63, 3.8) is 0 Å². The summed E-state index contributed by atoms with van der Waals surface area (Å²) in [6.45, 7) is 0. The lowest BCUT2D eigenvalue weighted by molar-refractivity contribution is -0.136. The maximum absolute atomic E-state index is 13.8. The average Bonchev–Trinajstić information content (AvgIpc) is 2.69. The van der Waals surface area contributed by atoms with Gasteiger partial charge in [-0.05, 0) is 74.1 Å². The topological polar surface area (TPSA) is 79.3 Å². The molecule has 4 bridgehead atoms. The summed E-state index contributed by atoms with van der Waals surface area (Å²) in [6.07, 6.45) is 5.87. The Hall–Kier alpha value is -2.60. The molecule has 2 N–H and O–H groups in total. The minimum Gasteiger partial charge on any atom is -0.390 e. The van der Waals surface area contributed by atoms with E-state index in [0.717, 1.165) is 32.1 Å². The van der Waals surface area contributed by atoms with E-state index in [1.165, 1.54) is 36.5 Å². The van der Waals surface area contributed by atoms with Crippen LogP contribution in [0.25, 0.3) is 0 Å². The van der Waals surface area contributed by atoms with Crippen LogP contribution in [0, 0.1) is 23.6 Å². The smallest absolute Gasteiger partial charge is 0.270 e. The van der Waals surface area contributed by atoms with Gasteiger partial charge in [0, 0.05) is 17.8 Å². The number of amides is 1. The zero-order valence-corrected chi connectivity index (χ0v) is 16.0. The van der Waals surface area contributed by atoms with Crippen LogP contribution in [-0.2, 0) is 0 Å². The minimum atomic E-state index is -0.581. The fourth-order valence-corrected chi connectivity index (χ4v) is 5.91. The number of nitrogens with zero attached hydrogens (tertiary/aromatic N) is 1. The Kier molecular flexibility index (Phi) is 4.28. The number of nitrogens with one attached hydrogen (secondary N) is 1. The Labute approximate surface area is 168 Å². The van der Waals surface area contributed by atoms with Crippen molar-refractivity contribution in [3.8, 4) is 0 Å². The number of rotatable bonds is 4. The first kappa shape index (κ1) is 18.4. The number of ketones is 1. The molecule has 150 valence electrons. The number of aromatic nitrogens is 1. The van der Waals surface area contributed by atoms with E-state index in [0.29, 0.717) is 17.8 Å². The molecule has 4 saturated carbocycles. The molecule has 1 heterocycles. The summed E-state index contributed by atoms with van der Waals surface area (Å²) in [5, 5.41) is 13.8. The van der Waals surface area contributed by atoms with Crippen molar-refractivity contribution in [2.45, 2.75) is 43.7 Å². The van der Waals surface area contributed by atoms with Crippen molar-refractivity contribution in [3.05, 3.63) is 65.2 Å². The lowest BCUT2D eigenvalue weighted by atomic mass is 9.52. The second kappa shape index (κ2) is 6.73. The highest BCUT2D eigenvalue weighted by Gasteiger charge is 2.55. The standard InChI is InChI=1S/C23H23FN2O3/c24-18-4-2-1-3-17(18)21(27)14-5-6-19(25-12-14)22(28)26-20-15-7-13-8-16(20)11-23(29,9-13)10-15/h1-6,12-13,15-16,20,29H,7-11H2,(H,26,28)/t13?,15?,16?,20-,23-. The maximum atomic E-state index is 13.8. The quantitative estimate of drug-likeness (QED) is 0.781. The van der Waals surface area contributed by atoms with E-state index in [1.54, 1.807) is 6.07 Å². The van der Waals surface area contributed by atoms with E-state index in [4.69, 9.17) is 0 Å². The van der Waals surface area contributed by atoms with Gasteiger partial charge in [-0.2, -0.15) is 0 Å². The van der Waals surface area contributed by atoms with Crippen molar-refractivity contribution in [1.29, 1.82) is 0 Å². The van der Waals surface area contributed by atoms with Gasteiger partial charge in [0.05, 0.1) is 11.2 Å². The van der Waals surface area contributed by atoms with Crippen LogP contribution in [0.1, 0.15) is 58.5 Å². The van der Waals surface area contributed by atoms with Crippen LogP contribution >= 0.6 is 0 Å². The van der Waals surface area contributed by atoms with Crippen molar-refractivity contribution in [1.82, 2.24) is 10.3 Å². The van der Waals surface area contributed by atoms with E-state index < -0.39 is 17.2 Å². The molecular weight excluding hydrogens is 371 g/mol. The van der Waals surface area contributed by atoms with Gasteiger partial charge >= 0.3 is 0 Å². The van der Waals surface area contributed by atoms with Gasteiger partial charge < -0.3 is 10.4 Å². The highest BCUT2D eigenvalue weighted by Crippen LogP contribution is 2.55. The highest BCUT2D eigenvalue weighted by atomic mass is 19.1. The number of carbonyl (C=O) groups is 2. The van der Waals surface area contributed by atoms with E-state index in [-0.39, 0.29) is 28.8 Å². The Bertz CT molecular complexity index is 958. The summed E-state index contributed by atoms with van der Waals surface area (Å²) in [5.74, 6) is -0.0966. The largest absolute Gasteiger partial charge is 0.390 e. The molecule has 0 aliphatic heterocycles. The lowest BCUT2D eigenvalue weighted by Crippen LogP contribution is -2.61. The second-order valence-electron chi connectivity index (χ2n) is 8.93. The van der Waals surface area contributed by atoms with Crippen LogP contribution < -0.4 is 5.32 Å². The third kappa shape index (κ3) is 3.25. The average molecular weight is 394 g/mol. The number of hydrogen-bond donors (Lipinski definition) is 2. The summed E-state index contributed by atoms with van der Waals surface area (Å²) < 4.78 is 13.8. The summed E-state index contributed by atoms with van der Waals surface area (Å²) >= 11 is 0. The number of hydrogen-bond acceptors (Lipinski definition) is 4. The number of carbonyl (C=O) groups excluding carboxylic acids is 2. The Morgan fingerprint density at radius 2 is 1.79 bits per heavy atom. The number of halogens is 1. The number of pyridine rings is 1. The van der Waals surface area contributed by atoms with Gasteiger partial charge in [-0.15, -0.1) is 0 Å². The van der Waals surface area contributed by atoms with E-state index in [1.807, 2.05) is 0 Å². The molecule has 6 rings (SSSR count). The van der Waals surface area contributed by atoms with Crippen LogP contribution in [0.3, 0.4) is 0 Å². The van der Waals surface area contributed by atoms with Crippen LogP contribution in [0.5, 0.6) is 0 Å². The van der Waals surface area contributed by atoms with Crippen LogP contribution in [0.15, 0.2) is 42.6 Å². The molecule has 5 nitrogen and oxygen atoms in total. The zero-order valence-electron chi connectivity index (χ0n) is 16.0. The normalized spacial score (nSPS) is 32.2. The fourth-order valence-electron chi connectivity index (χ4n) is 5.91. The van der Waals surface area contributed by atoms with Gasteiger partial charge in [0.2, 0.25) is 0 Å². The molecule has 2 unspecified atom stereocenters. The molecule has 0 radical (unpaired) electrons. The van der Waals surface area contributed by atoms with Crippen molar-refractivity contribution in [2.24, 2.45) is 17.8 Å². The van der Waals surface area contributed by atoms with Crippen LogP contribution in [0.4, 0.5) is 4.39 Å². The van der Waals surface area contributed by atoms with E-state index >= 15 is 0 Å². The second-order valence-corrected chi connectivity index (χ2v) is 8.93. The third-order valence-electron chi connectivity index (χ3n) is 6.92. The first-order valence-corrected chi connectivity index (χ1v) is 10.2. The Balaban J connectivity index is 1.29. The van der Waals surface area contributed by atoms with Crippen molar-refractivity contribution < 1.29 is 19.1 Å². The summed E-state index contributed by atoms with van der Waals surface area (Å²) in [7, 11) is 0. The lowest BCUT2D eigenvalue weighted by Gasteiger charge is -2.58. The van der Waals surface area contributed by atoms with Crippen molar-refractivity contribution in [2.75, 3.05) is 0 Å². The maximum Gasteiger partial charge on any atom is 0.270 e. The monoisotopic (exact) mass is 394 g/mol. The number of aliphatic hydroxyl groups is 1. The highest BCUT2D eigenvalue weighted by molar-refractivity contribution is 6.09. The molecule has 0 saturated heterocycles. The molecule has 1 amide bonds. The van der Waals surface area contributed by atoms with Gasteiger partial charge in [0.25, 0.3) is 5.91 Å². The van der Waals surface area contributed by atoms with Crippen molar-refractivity contribution >= 4 is 11.7 Å². The van der Waals surface area contributed by atoms with Gasteiger partial charge in [-0.3, -0.25) is 14.6 Å². The minimum absolute atomic E-state index is 0.0157. The molecule has 1 aromatic heterocycles. The number of benzene rings is 1. The fraction of sp³-hybridized carbons (Fsp3) is 0.435. The van der Waals surface area contributed by atoms with E-state index in [9.17, 15) is 19.1 Å². The predicted octanol–water partition coefficient (Wildman–Crippen LogP) is 3.12. The SMILES string of the molecule is O=C(N[C@H]1C2CC3CC1C[C@](O)(C3)C2)c1ccc(C(=O)c2ccccc2F)cn1. The summed E-state index contributed by atoms with van der Waals surface area (Å²) in [4.78, 5) is 29.3. The van der Waals surface area contributed by atoms with Gasteiger partial charge in [-0.25, -0.2) is 4.39 Å². The van der Waals surface area contributed by atoms with Gasteiger partial charge in [0.15, 0.2) is 5.78 Å². The first-order chi connectivity index (χ1) is 13.9. The van der Waals surface area contributed by atoms with E-state index in [2.05, 4.69) is 10.3 Å². The molecule has 2 aromatic rings. The summed E-state index contributed by atoms with van der Waals surface area (Å²) in [6, 6.07) is 8.89. The molecule has 6 heteroatoms. The van der Waals surface area contributed by atoms with Gasteiger partial charge in [-0.1, -0.05) is 12.1 Å². The zero-order chi connectivity index (χ0) is 20.2. The molecule has 0 spiro atoms. The summed E-state index contributed by atoms with van der Waals surface area (Å²) in [5.41, 5.74) is -0.0748. The molecule has 2 atom stereocenters. The molecular formula is C23H23FN2O3. The molecule has 4 aliphatic carbocycles. The Morgan fingerprint density at radius 1 is 1.07 bits per heavy atom. The van der Waals surface area contributed by atoms with Crippen LogP contribution in [-0.4, -0.2) is 33.4 Å².